The lowest BCUT2D eigenvalue weighted by molar-refractivity contribution is 0.0932. The summed E-state index contributed by atoms with van der Waals surface area (Å²) in [6.45, 7) is 4.70. The molecular weight excluding hydrogens is 329 g/mol. The van der Waals surface area contributed by atoms with Gasteiger partial charge in [0, 0.05) is 6.04 Å². The molecule has 2 rings (SSSR count). The van der Waals surface area contributed by atoms with E-state index < -0.39 is 0 Å². The second-order valence-corrected chi connectivity index (χ2v) is 6.36. The number of rotatable bonds is 5. The van der Waals surface area contributed by atoms with Crippen molar-refractivity contribution in [3.63, 3.8) is 0 Å². The molecule has 1 saturated carbocycles. The van der Waals surface area contributed by atoms with Gasteiger partial charge in [0.25, 0.3) is 5.91 Å². The summed E-state index contributed by atoms with van der Waals surface area (Å²) in [5.41, 5.74) is 6.61. The fourth-order valence-corrected chi connectivity index (χ4v) is 3.80. The molecule has 2 unspecified atom stereocenters. The summed E-state index contributed by atoms with van der Waals surface area (Å²) < 4.78 is 0. The molecule has 1 fully saturated rings. The van der Waals surface area contributed by atoms with E-state index in [1.54, 1.807) is 0 Å². The molecule has 4 nitrogen and oxygen atoms in total. The van der Waals surface area contributed by atoms with Gasteiger partial charge < -0.3 is 11.1 Å². The highest BCUT2D eigenvalue weighted by atomic mass is 35.5. The Morgan fingerprint density at radius 3 is 2.76 bits per heavy atom. The monoisotopic (exact) mass is 353 g/mol. The first-order valence-corrected chi connectivity index (χ1v) is 7.94. The summed E-state index contributed by atoms with van der Waals surface area (Å²) in [6.07, 6.45) is 5.35. The van der Waals surface area contributed by atoms with Gasteiger partial charge in [-0.05, 0) is 45.1 Å². The Bertz CT molecular complexity index is 453. The lowest BCUT2D eigenvalue weighted by Gasteiger charge is -2.19. The summed E-state index contributed by atoms with van der Waals surface area (Å²) >= 11 is 1.53. The van der Waals surface area contributed by atoms with E-state index in [0.717, 1.165) is 47.7 Å². The summed E-state index contributed by atoms with van der Waals surface area (Å²) in [7, 11) is 0. The van der Waals surface area contributed by atoms with Crippen LogP contribution in [0.2, 0.25) is 0 Å². The van der Waals surface area contributed by atoms with Crippen LogP contribution in [-0.4, -0.2) is 23.5 Å². The van der Waals surface area contributed by atoms with Crippen molar-refractivity contribution in [3.8, 4) is 0 Å². The number of carbonyl (C=O) groups excluding carboxylic acids is 1. The van der Waals surface area contributed by atoms with E-state index in [4.69, 9.17) is 5.73 Å². The molecule has 1 aliphatic carbocycles. The molecule has 0 saturated heterocycles. The third kappa shape index (κ3) is 5.09. The van der Waals surface area contributed by atoms with Crippen molar-refractivity contribution in [2.24, 2.45) is 11.7 Å². The molecule has 1 aromatic rings. The van der Waals surface area contributed by atoms with E-state index in [0.29, 0.717) is 12.5 Å². The van der Waals surface area contributed by atoms with E-state index >= 15 is 0 Å². The third-order valence-corrected chi connectivity index (χ3v) is 5.01. The largest absolute Gasteiger partial charge is 0.348 e. The van der Waals surface area contributed by atoms with Gasteiger partial charge in [-0.15, -0.1) is 36.2 Å². The molecule has 0 aliphatic heterocycles. The van der Waals surface area contributed by atoms with Gasteiger partial charge in [-0.25, -0.2) is 4.98 Å². The molecule has 1 amide bonds. The first-order valence-electron chi connectivity index (χ1n) is 7.13. The summed E-state index contributed by atoms with van der Waals surface area (Å²) in [6, 6.07) is 0.244. The average Bonchev–Trinajstić information content (AvgIpc) is 2.96. The van der Waals surface area contributed by atoms with Crippen molar-refractivity contribution in [2.45, 2.75) is 52.0 Å². The van der Waals surface area contributed by atoms with E-state index in [1.165, 1.54) is 11.3 Å². The van der Waals surface area contributed by atoms with Gasteiger partial charge in [-0.2, -0.15) is 0 Å². The molecule has 0 radical (unpaired) electrons. The van der Waals surface area contributed by atoms with Gasteiger partial charge in [-0.3, -0.25) is 4.79 Å². The zero-order valence-electron chi connectivity index (χ0n) is 12.6. The number of hydrogen-bond donors (Lipinski definition) is 2. The first-order chi connectivity index (χ1) is 9.15. The molecule has 0 bridgehead atoms. The normalized spacial score (nSPS) is 20.5. The zero-order chi connectivity index (χ0) is 13.8. The van der Waals surface area contributed by atoms with Crippen molar-refractivity contribution in [1.82, 2.24) is 10.3 Å². The molecule has 3 N–H and O–H groups in total. The first kappa shape index (κ1) is 20.6. The van der Waals surface area contributed by atoms with Crippen LogP contribution >= 0.6 is 36.2 Å². The number of hydrogen-bond acceptors (Lipinski definition) is 4. The molecule has 0 spiro atoms. The highest BCUT2D eigenvalue weighted by Gasteiger charge is 2.28. The van der Waals surface area contributed by atoms with E-state index in [2.05, 4.69) is 17.2 Å². The summed E-state index contributed by atoms with van der Waals surface area (Å²) in [5, 5.41) is 4.21. The van der Waals surface area contributed by atoms with Crippen LogP contribution in [0.1, 0.15) is 53.0 Å². The van der Waals surface area contributed by atoms with E-state index in [1.807, 2.05) is 6.92 Å². The average molecular weight is 354 g/mol. The number of aryl methyl sites for hydroxylation is 2. The molecule has 0 aromatic carbocycles. The van der Waals surface area contributed by atoms with Crippen molar-refractivity contribution in [2.75, 3.05) is 6.54 Å². The molecule has 1 aliphatic rings. The van der Waals surface area contributed by atoms with Crippen molar-refractivity contribution in [3.05, 3.63) is 15.6 Å². The Labute approximate surface area is 143 Å². The van der Waals surface area contributed by atoms with Crippen LogP contribution in [0.4, 0.5) is 0 Å². The molecular formula is C14H25Cl2N3OS. The van der Waals surface area contributed by atoms with Gasteiger partial charge in [0.1, 0.15) is 4.88 Å². The molecule has 122 valence electrons. The predicted molar refractivity (Wildman–Crippen MR) is 93.0 cm³/mol. The minimum absolute atomic E-state index is 0. The predicted octanol–water partition coefficient (Wildman–Crippen LogP) is 3.10. The Morgan fingerprint density at radius 2 is 2.14 bits per heavy atom. The Balaban J connectivity index is 0.00000200. The van der Waals surface area contributed by atoms with Crippen LogP contribution in [0, 0.1) is 12.8 Å². The number of halogens is 2. The maximum absolute atomic E-state index is 12.3. The number of thiazole rings is 1. The van der Waals surface area contributed by atoms with E-state index in [9.17, 15) is 4.79 Å². The number of aromatic nitrogens is 1. The fraction of sp³-hybridized carbons (Fsp3) is 0.714. The molecule has 2 atom stereocenters. The molecule has 7 heteroatoms. The number of nitrogens with two attached hydrogens (primary N) is 1. The minimum Gasteiger partial charge on any atom is -0.348 e. The van der Waals surface area contributed by atoms with Gasteiger partial charge >= 0.3 is 0 Å². The Morgan fingerprint density at radius 1 is 1.43 bits per heavy atom. The topological polar surface area (TPSA) is 68.0 Å². The summed E-state index contributed by atoms with van der Waals surface area (Å²) in [4.78, 5) is 17.6. The zero-order valence-corrected chi connectivity index (χ0v) is 15.0. The van der Waals surface area contributed by atoms with Crippen molar-refractivity contribution < 1.29 is 4.79 Å². The highest BCUT2D eigenvalue weighted by Crippen LogP contribution is 2.26. The maximum Gasteiger partial charge on any atom is 0.263 e. The van der Waals surface area contributed by atoms with Crippen LogP contribution < -0.4 is 11.1 Å². The van der Waals surface area contributed by atoms with E-state index in [-0.39, 0.29) is 36.8 Å². The van der Waals surface area contributed by atoms with Gasteiger partial charge in [0.2, 0.25) is 0 Å². The minimum atomic E-state index is 0. The van der Waals surface area contributed by atoms with Crippen LogP contribution in [0.5, 0.6) is 0 Å². The number of nitrogens with one attached hydrogen (secondary N) is 1. The summed E-state index contributed by atoms with van der Waals surface area (Å²) in [5.74, 6) is 0.468. The number of carbonyl (C=O) groups is 1. The lowest BCUT2D eigenvalue weighted by atomic mass is 10.0. The molecule has 1 aromatic heterocycles. The second-order valence-electron chi connectivity index (χ2n) is 5.28. The number of nitrogens with zero attached hydrogens (tertiary/aromatic N) is 1. The second kappa shape index (κ2) is 9.62. The van der Waals surface area contributed by atoms with Crippen LogP contribution in [0.15, 0.2) is 0 Å². The molecule has 1 heterocycles. The lowest BCUT2D eigenvalue weighted by Crippen LogP contribution is -2.39. The quantitative estimate of drug-likeness (QED) is 0.854. The van der Waals surface area contributed by atoms with Gasteiger partial charge in [-0.1, -0.05) is 13.3 Å². The SMILES string of the molecule is CCCc1nc(C)c(C(=O)NC2CCCC2CN)s1.Cl.Cl. The van der Waals surface area contributed by atoms with Gasteiger partial charge in [0.15, 0.2) is 0 Å². The molecule has 21 heavy (non-hydrogen) atoms. The highest BCUT2D eigenvalue weighted by molar-refractivity contribution is 7.13. The van der Waals surface area contributed by atoms with Gasteiger partial charge in [0.05, 0.1) is 10.7 Å². The van der Waals surface area contributed by atoms with Crippen molar-refractivity contribution >= 4 is 42.1 Å². The number of amides is 1. The van der Waals surface area contributed by atoms with Crippen LogP contribution in [0.3, 0.4) is 0 Å². The maximum atomic E-state index is 12.3. The third-order valence-electron chi connectivity index (χ3n) is 3.79. The Hall–Kier alpha value is -0.360. The van der Waals surface area contributed by atoms with Crippen molar-refractivity contribution in [1.29, 1.82) is 0 Å². The van der Waals surface area contributed by atoms with Crippen LogP contribution in [0.25, 0.3) is 0 Å². The Kier molecular flexibility index (Phi) is 9.45. The smallest absolute Gasteiger partial charge is 0.263 e. The standard InChI is InChI=1S/C14H23N3OS.2ClH/c1-3-5-12-16-9(2)13(19-12)14(18)17-11-7-4-6-10(11)8-15;;/h10-11H,3-8,15H2,1-2H3,(H,17,18);2*1H. The fourth-order valence-electron chi connectivity index (χ4n) is 2.73. The van der Waals surface area contributed by atoms with Crippen LogP contribution in [-0.2, 0) is 6.42 Å².